The zero-order valence-corrected chi connectivity index (χ0v) is 31.6. The molecule has 2 saturated carbocycles. The maximum atomic E-state index is 11.2. The van der Waals surface area contributed by atoms with Crippen LogP contribution in [0.2, 0.25) is 19.6 Å². The van der Waals surface area contributed by atoms with Gasteiger partial charge in [-0.3, -0.25) is 0 Å². The van der Waals surface area contributed by atoms with Crippen molar-refractivity contribution in [1.29, 1.82) is 5.26 Å². The molecule has 48 heavy (non-hydrogen) atoms. The van der Waals surface area contributed by atoms with Gasteiger partial charge in [-0.2, -0.15) is 5.26 Å². The molecule has 0 N–H and O–H groups in total. The fourth-order valence-electron chi connectivity index (χ4n) is 11.9. The molecule has 0 aromatic heterocycles. The van der Waals surface area contributed by atoms with Gasteiger partial charge in [0.15, 0.2) is 32.1 Å². The minimum atomic E-state index is -2.22. The summed E-state index contributed by atoms with van der Waals surface area (Å²) in [6.45, 7) is 19.6. The first-order chi connectivity index (χ1) is 22.6. The van der Waals surface area contributed by atoms with Crippen molar-refractivity contribution < 1.29 is 42.9 Å². The fraction of sp³-hybridized carbons (Fsp3) is 0.973. The molecule has 0 radical (unpaired) electrons. The van der Waals surface area contributed by atoms with Crippen LogP contribution < -0.4 is 0 Å². The van der Waals surface area contributed by atoms with Crippen molar-refractivity contribution in [2.75, 3.05) is 0 Å². The quantitative estimate of drug-likeness (QED) is 0.207. The summed E-state index contributed by atoms with van der Waals surface area (Å²) in [6.07, 6.45) is 7.06. The third-order valence-electron chi connectivity index (χ3n) is 14.4. The smallest absolute Gasteiger partial charge is 0.201 e. The minimum Gasteiger partial charge on any atom is -0.400 e. The molecule has 270 valence electrons. The van der Waals surface area contributed by atoms with Crippen molar-refractivity contribution in [2.45, 2.75) is 179 Å². The highest BCUT2D eigenvalue weighted by atomic mass is 28.4. The molecule has 2 spiro atoms. The van der Waals surface area contributed by atoms with Gasteiger partial charge in [-0.25, -0.2) is 19.6 Å². The Kier molecular flexibility index (Phi) is 8.19. The predicted octanol–water partition coefficient (Wildman–Crippen LogP) is 7.38. The summed E-state index contributed by atoms with van der Waals surface area (Å²) < 4.78 is 34.5. The van der Waals surface area contributed by atoms with Gasteiger partial charge in [-0.05, 0) is 108 Å². The Balaban J connectivity index is 1.11. The maximum absolute atomic E-state index is 11.2. The van der Waals surface area contributed by atoms with Crippen LogP contribution in [0.25, 0.3) is 0 Å². The third-order valence-corrected chi connectivity index (χ3v) is 15.4. The molecule has 4 unspecified atom stereocenters. The summed E-state index contributed by atoms with van der Waals surface area (Å²) >= 11 is 0. The highest BCUT2D eigenvalue weighted by Crippen LogP contribution is 2.63. The number of ether oxygens (including phenoxy) is 4. The zero-order valence-electron chi connectivity index (χ0n) is 30.6. The highest BCUT2D eigenvalue weighted by Gasteiger charge is 2.71. The molecule has 0 amide bonds. The highest BCUT2D eigenvalue weighted by molar-refractivity contribution is 6.69. The van der Waals surface area contributed by atoms with E-state index in [0.29, 0.717) is 36.5 Å². The lowest BCUT2D eigenvalue weighted by Gasteiger charge is -2.61. The van der Waals surface area contributed by atoms with E-state index in [0.717, 1.165) is 51.4 Å². The predicted molar refractivity (Wildman–Crippen MR) is 176 cm³/mol. The van der Waals surface area contributed by atoms with Gasteiger partial charge in [0.2, 0.25) is 11.6 Å². The van der Waals surface area contributed by atoms with Gasteiger partial charge < -0.3 is 23.4 Å². The van der Waals surface area contributed by atoms with E-state index in [1.54, 1.807) is 0 Å². The van der Waals surface area contributed by atoms with Crippen molar-refractivity contribution >= 4 is 8.32 Å². The van der Waals surface area contributed by atoms with Crippen LogP contribution in [0.3, 0.4) is 0 Å². The summed E-state index contributed by atoms with van der Waals surface area (Å²) in [5.41, 5.74) is -2.40. The van der Waals surface area contributed by atoms with Crippen LogP contribution in [0.15, 0.2) is 0 Å². The molecule has 10 nitrogen and oxygen atoms in total. The Morgan fingerprint density at radius 2 is 1.10 bits per heavy atom. The number of hydrogen-bond acceptors (Lipinski definition) is 10. The van der Waals surface area contributed by atoms with Gasteiger partial charge in [-0.15, -0.1) is 0 Å². The Hall–Kier alpha value is -0.653. The van der Waals surface area contributed by atoms with Crippen LogP contribution in [0.5, 0.6) is 0 Å². The van der Waals surface area contributed by atoms with E-state index in [2.05, 4.69) is 53.4 Å². The summed E-state index contributed by atoms with van der Waals surface area (Å²) in [5.74, 6) is 0.481. The van der Waals surface area contributed by atoms with Crippen LogP contribution in [0.1, 0.15) is 106 Å². The molecule has 10 aliphatic rings. The Morgan fingerprint density at radius 3 is 1.50 bits per heavy atom. The minimum absolute atomic E-state index is 0.115. The van der Waals surface area contributed by atoms with Crippen LogP contribution in [-0.4, -0.2) is 61.5 Å². The van der Waals surface area contributed by atoms with Crippen LogP contribution in [0, 0.1) is 58.7 Å². The molecule has 0 aromatic carbocycles. The first-order valence-corrected chi connectivity index (χ1v) is 22.5. The zero-order chi connectivity index (χ0) is 34.1. The lowest BCUT2D eigenvalue weighted by Crippen LogP contribution is -2.71. The Bertz CT molecular complexity index is 1230. The van der Waals surface area contributed by atoms with E-state index in [9.17, 15) is 5.26 Å². The van der Waals surface area contributed by atoms with Gasteiger partial charge in [0.1, 0.15) is 5.60 Å². The first kappa shape index (κ1) is 34.4. The lowest BCUT2D eigenvalue weighted by molar-refractivity contribution is -0.572. The summed E-state index contributed by atoms with van der Waals surface area (Å²) in [5, 5.41) is 11.2. The topological polar surface area (TPSA) is 107 Å². The molecule has 8 heterocycles. The summed E-state index contributed by atoms with van der Waals surface area (Å²) in [7, 11) is -2.22. The lowest BCUT2D eigenvalue weighted by atomic mass is 9.56. The van der Waals surface area contributed by atoms with Gasteiger partial charge in [0.25, 0.3) is 0 Å². The second-order valence-corrected chi connectivity index (χ2v) is 23.0. The number of hydrogen-bond donors (Lipinski definition) is 0. The molecule has 0 aromatic rings. The van der Waals surface area contributed by atoms with Crippen LogP contribution in [-0.2, 0) is 42.9 Å². The first-order valence-electron chi connectivity index (χ1n) is 19.1. The van der Waals surface area contributed by atoms with E-state index in [-0.39, 0.29) is 35.9 Å². The van der Waals surface area contributed by atoms with E-state index >= 15 is 0 Å². The van der Waals surface area contributed by atoms with Crippen molar-refractivity contribution in [3.05, 3.63) is 0 Å². The van der Waals surface area contributed by atoms with E-state index in [4.69, 9.17) is 42.9 Å². The average Bonchev–Trinajstić information content (AvgIpc) is 3.39. The molecule has 11 heteroatoms. The SMILES string of the molecule is C[C@H]1[C@@H](CC(C#N)(C[C@H]2OC3O[C@]4(C)CC[C@H]5[C@H](C)CC[C@@H]([C@H]2C)C35OO4)O[Si](C)(C)C)OC2O[C@]3(C)CC[C@H]4[C@H](C)CC[C@@H]1C24OO3. The maximum Gasteiger partial charge on any atom is 0.201 e. The van der Waals surface area contributed by atoms with Gasteiger partial charge in [0, 0.05) is 37.5 Å². The standard InChI is InChI=1S/C37H59NO9Si/c1-21-10-12-27-23(3)29(39-31-36(27)25(21)14-16-33(5,41-31)43-45-36)18-35(20-38,47-48(7,8)9)19-30-24(4)28-13-11-22(2)26-15-17-34(6)42-32(40-30)37(26,28)46-44-34/h21-32H,10-19H2,1-9H3/t21-,22-,23-,24-,25+,26+,27+,28+,29-,30-,31?,32?,33+,34+,35?,36?,37?/m1/s1. The molecule has 10 fully saturated rings. The van der Waals surface area contributed by atoms with Crippen LogP contribution in [0.4, 0.5) is 0 Å². The molecule has 10 rings (SSSR count). The molecular weight excluding hydrogens is 630 g/mol. The number of nitriles is 1. The van der Waals surface area contributed by atoms with E-state index < -0.39 is 49.3 Å². The largest absolute Gasteiger partial charge is 0.400 e. The van der Waals surface area contributed by atoms with Crippen molar-refractivity contribution in [3.63, 3.8) is 0 Å². The van der Waals surface area contributed by atoms with Crippen molar-refractivity contribution in [1.82, 2.24) is 0 Å². The van der Waals surface area contributed by atoms with Gasteiger partial charge in [0.05, 0.1) is 18.3 Å². The molecule has 2 aliphatic carbocycles. The second-order valence-electron chi connectivity index (χ2n) is 18.6. The summed E-state index contributed by atoms with van der Waals surface area (Å²) in [4.78, 5) is 25.0. The second kappa shape index (κ2) is 11.4. The number of nitrogens with zero attached hydrogens (tertiary/aromatic N) is 1. The average molecular weight is 690 g/mol. The van der Waals surface area contributed by atoms with Crippen molar-refractivity contribution in [2.24, 2.45) is 47.3 Å². The van der Waals surface area contributed by atoms with E-state index in [1.165, 1.54) is 0 Å². The number of fused-ring (bicyclic) bond motifs is 4. The van der Waals surface area contributed by atoms with Crippen molar-refractivity contribution in [3.8, 4) is 6.07 Å². The molecule has 8 saturated heterocycles. The van der Waals surface area contributed by atoms with Gasteiger partial charge in [-0.1, -0.05) is 27.7 Å². The molecule has 4 bridgehead atoms. The normalized spacial score (nSPS) is 55.4. The fourth-order valence-corrected chi connectivity index (χ4v) is 13.3. The third kappa shape index (κ3) is 5.09. The molecular formula is C37H59NO9Si. The van der Waals surface area contributed by atoms with Gasteiger partial charge >= 0.3 is 0 Å². The molecule has 16 atom stereocenters. The Labute approximate surface area is 288 Å². The van der Waals surface area contributed by atoms with Crippen LogP contribution >= 0.6 is 0 Å². The Morgan fingerprint density at radius 1 is 0.667 bits per heavy atom. The monoisotopic (exact) mass is 689 g/mol. The number of rotatable bonds is 6. The van der Waals surface area contributed by atoms with E-state index in [1.807, 2.05) is 13.8 Å². The molecule has 8 aliphatic heterocycles. The summed E-state index contributed by atoms with van der Waals surface area (Å²) in [6, 6.07) is 2.74.